The van der Waals surface area contributed by atoms with Gasteiger partial charge in [-0.3, -0.25) is 0 Å². The van der Waals surface area contributed by atoms with Gasteiger partial charge in [-0.15, -0.1) is 0 Å². The summed E-state index contributed by atoms with van der Waals surface area (Å²) in [5, 5.41) is 18.8. The maximum absolute atomic E-state index is 9.14. The van der Waals surface area contributed by atoms with Gasteiger partial charge in [0.1, 0.15) is 17.7 Å². The summed E-state index contributed by atoms with van der Waals surface area (Å²) >= 11 is 6.49. The van der Waals surface area contributed by atoms with Crippen LogP contribution in [0.1, 0.15) is 25.0 Å². The summed E-state index contributed by atoms with van der Waals surface area (Å²) in [6.07, 6.45) is 0. The number of benzene rings is 1. The van der Waals surface area contributed by atoms with E-state index in [2.05, 4.69) is 18.7 Å². The number of allylic oxidation sites excluding steroid dienone is 3. The van der Waals surface area contributed by atoms with Gasteiger partial charge < -0.3 is 4.90 Å². The molecule has 1 aromatic rings. The molecule has 2 rings (SSSR count). The first-order valence-corrected chi connectivity index (χ1v) is 6.86. The van der Waals surface area contributed by atoms with Crippen molar-refractivity contribution in [1.82, 2.24) is 4.90 Å². The Hall–Kier alpha value is -2.23. The van der Waals surface area contributed by atoms with Gasteiger partial charge >= 0.3 is 0 Å². The summed E-state index contributed by atoms with van der Waals surface area (Å²) in [6, 6.07) is 11.6. The Balaban J connectivity index is 2.79. The summed E-state index contributed by atoms with van der Waals surface area (Å²) in [5.41, 5.74) is 3.36. The van der Waals surface area contributed by atoms with Crippen molar-refractivity contribution in [2.24, 2.45) is 0 Å². The van der Waals surface area contributed by atoms with Crippen LogP contribution in [0.3, 0.4) is 0 Å². The fraction of sp³-hybridized carbons (Fsp3) is 0.250. The highest BCUT2D eigenvalue weighted by Crippen LogP contribution is 2.45. The normalized spacial score (nSPS) is 12.8. The van der Waals surface area contributed by atoms with Crippen molar-refractivity contribution >= 4 is 22.9 Å². The first kappa shape index (κ1) is 14.2. The minimum Gasteiger partial charge on any atom is -0.370 e. The quantitative estimate of drug-likeness (QED) is 0.794. The van der Waals surface area contributed by atoms with Gasteiger partial charge in [0.25, 0.3) is 0 Å². The number of hydrogen-bond acceptors (Lipinski definition) is 3. The van der Waals surface area contributed by atoms with E-state index in [4.69, 9.17) is 22.1 Å². The van der Waals surface area contributed by atoms with Crippen LogP contribution in [0.15, 0.2) is 34.9 Å². The number of fused-ring (bicyclic) bond motifs is 1. The fourth-order valence-electron chi connectivity index (χ4n) is 2.49. The molecule has 0 amide bonds. The summed E-state index contributed by atoms with van der Waals surface area (Å²) in [7, 11) is 0. The van der Waals surface area contributed by atoms with E-state index in [1.807, 2.05) is 36.4 Å². The molecule has 0 bridgehead atoms. The van der Waals surface area contributed by atoms with Gasteiger partial charge in [-0.1, -0.05) is 35.9 Å². The lowest BCUT2D eigenvalue weighted by atomic mass is 10.0. The third kappa shape index (κ3) is 2.07. The fourth-order valence-corrected chi connectivity index (χ4v) is 2.91. The lowest BCUT2D eigenvalue weighted by molar-refractivity contribution is 0.442. The van der Waals surface area contributed by atoms with Crippen molar-refractivity contribution in [3.8, 4) is 12.1 Å². The zero-order chi connectivity index (χ0) is 14.7. The highest BCUT2D eigenvalue weighted by molar-refractivity contribution is 6.42. The van der Waals surface area contributed by atoms with Crippen molar-refractivity contribution < 1.29 is 0 Å². The van der Waals surface area contributed by atoms with Crippen molar-refractivity contribution in [2.75, 3.05) is 13.1 Å². The van der Waals surface area contributed by atoms with E-state index < -0.39 is 0 Å². The van der Waals surface area contributed by atoms with Crippen LogP contribution in [0.25, 0.3) is 11.3 Å². The number of hydrogen-bond donors (Lipinski definition) is 0. The van der Waals surface area contributed by atoms with E-state index in [1.54, 1.807) is 0 Å². The molecule has 0 unspecified atom stereocenters. The third-order valence-electron chi connectivity index (χ3n) is 3.43. The first-order chi connectivity index (χ1) is 9.69. The SMILES string of the molecule is CCN(CC)C1=C(Cl)C(=C(C#N)C#N)c2ccccc21. The maximum Gasteiger partial charge on any atom is 0.139 e. The van der Waals surface area contributed by atoms with Crippen LogP contribution in [-0.4, -0.2) is 18.0 Å². The monoisotopic (exact) mass is 283 g/mol. The molecule has 0 atom stereocenters. The Labute approximate surface area is 124 Å². The number of nitriles is 2. The maximum atomic E-state index is 9.14. The summed E-state index contributed by atoms with van der Waals surface area (Å²) in [4.78, 5) is 2.14. The van der Waals surface area contributed by atoms with Crippen LogP contribution < -0.4 is 0 Å². The van der Waals surface area contributed by atoms with Crippen LogP contribution in [0.4, 0.5) is 0 Å². The second-order valence-electron chi connectivity index (χ2n) is 4.35. The molecule has 0 N–H and O–H groups in total. The highest BCUT2D eigenvalue weighted by Gasteiger charge is 2.30. The number of rotatable bonds is 3. The Kier molecular flexibility index (Phi) is 4.13. The summed E-state index contributed by atoms with van der Waals surface area (Å²) in [6.45, 7) is 5.75. The van der Waals surface area contributed by atoms with Gasteiger partial charge in [-0.2, -0.15) is 10.5 Å². The second kappa shape index (κ2) is 5.82. The zero-order valence-corrected chi connectivity index (χ0v) is 12.2. The molecule has 0 aliphatic heterocycles. The topological polar surface area (TPSA) is 50.8 Å². The number of halogens is 1. The van der Waals surface area contributed by atoms with E-state index >= 15 is 0 Å². The van der Waals surface area contributed by atoms with Gasteiger partial charge in [0.05, 0.1) is 10.7 Å². The lowest BCUT2D eigenvalue weighted by Gasteiger charge is -2.23. The molecule has 20 heavy (non-hydrogen) atoms. The lowest BCUT2D eigenvalue weighted by Crippen LogP contribution is -2.21. The molecular formula is C16H14ClN3. The van der Waals surface area contributed by atoms with E-state index in [-0.39, 0.29) is 5.57 Å². The first-order valence-electron chi connectivity index (χ1n) is 6.48. The largest absolute Gasteiger partial charge is 0.370 e. The molecule has 0 saturated carbocycles. The predicted molar refractivity (Wildman–Crippen MR) is 80.3 cm³/mol. The smallest absolute Gasteiger partial charge is 0.139 e. The highest BCUT2D eigenvalue weighted by atomic mass is 35.5. The van der Waals surface area contributed by atoms with Gasteiger partial charge in [0, 0.05) is 24.2 Å². The van der Waals surface area contributed by atoms with Crippen molar-refractivity contribution in [3.63, 3.8) is 0 Å². The molecule has 3 nitrogen and oxygen atoms in total. The Bertz CT molecular complexity index is 666. The van der Waals surface area contributed by atoms with Crippen LogP contribution in [0.2, 0.25) is 0 Å². The van der Waals surface area contributed by atoms with Gasteiger partial charge in [0.2, 0.25) is 0 Å². The standard InChI is InChI=1S/C16H14ClN3/c1-3-20(4-2)16-13-8-6-5-7-12(13)14(15(16)17)11(9-18)10-19/h5-8H,3-4H2,1-2H3. The molecule has 0 saturated heterocycles. The van der Waals surface area contributed by atoms with Crippen molar-refractivity contribution in [1.29, 1.82) is 10.5 Å². The summed E-state index contributed by atoms with van der Waals surface area (Å²) < 4.78 is 0. The molecule has 0 fully saturated rings. The summed E-state index contributed by atoms with van der Waals surface area (Å²) in [5.74, 6) is 0. The predicted octanol–water partition coefficient (Wildman–Crippen LogP) is 3.75. The molecule has 0 aromatic heterocycles. The minimum atomic E-state index is 0.0598. The molecular weight excluding hydrogens is 270 g/mol. The molecule has 100 valence electrons. The average Bonchev–Trinajstić information content (AvgIpc) is 2.76. The van der Waals surface area contributed by atoms with E-state index in [0.29, 0.717) is 10.6 Å². The molecule has 4 heteroatoms. The average molecular weight is 284 g/mol. The van der Waals surface area contributed by atoms with E-state index in [0.717, 1.165) is 29.9 Å². The van der Waals surface area contributed by atoms with Crippen LogP contribution in [0, 0.1) is 22.7 Å². The van der Waals surface area contributed by atoms with Gasteiger partial charge in [-0.05, 0) is 19.4 Å². The Morgan fingerprint density at radius 3 is 2.15 bits per heavy atom. The van der Waals surface area contributed by atoms with Gasteiger partial charge in [-0.25, -0.2) is 0 Å². The van der Waals surface area contributed by atoms with Crippen LogP contribution in [-0.2, 0) is 0 Å². The molecule has 1 aromatic carbocycles. The minimum absolute atomic E-state index is 0.0598. The Morgan fingerprint density at radius 2 is 1.65 bits per heavy atom. The van der Waals surface area contributed by atoms with Crippen LogP contribution >= 0.6 is 11.6 Å². The zero-order valence-electron chi connectivity index (χ0n) is 11.4. The third-order valence-corrected chi connectivity index (χ3v) is 3.80. The van der Waals surface area contributed by atoms with Gasteiger partial charge in [0.15, 0.2) is 0 Å². The van der Waals surface area contributed by atoms with Crippen molar-refractivity contribution in [2.45, 2.75) is 13.8 Å². The second-order valence-corrected chi connectivity index (χ2v) is 4.73. The molecule has 0 radical (unpaired) electrons. The van der Waals surface area contributed by atoms with E-state index in [9.17, 15) is 0 Å². The van der Waals surface area contributed by atoms with Crippen LogP contribution in [0.5, 0.6) is 0 Å². The molecule has 1 aliphatic carbocycles. The van der Waals surface area contributed by atoms with E-state index in [1.165, 1.54) is 0 Å². The number of nitrogens with zero attached hydrogens (tertiary/aromatic N) is 3. The molecule has 0 heterocycles. The Morgan fingerprint density at radius 1 is 1.10 bits per heavy atom. The molecule has 0 spiro atoms. The molecule has 1 aliphatic rings. The van der Waals surface area contributed by atoms with Crippen molar-refractivity contribution in [3.05, 3.63) is 46.0 Å².